The first-order chi connectivity index (χ1) is 9.06. The quantitative estimate of drug-likeness (QED) is 0.825. The van der Waals surface area contributed by atoms with Gasteiger partial charge in [0.2, 0.25) is 5.91 Å². The number of rotatable bonds is 4. The number of amides is 1. The van der Waals surface area contributed by atoms with E-state index in [2.05, 4.69) is 0 Å². The monoisotopic (exact) mass is 284 g/mol. The Morgan fingerprint density at radius 3 is 3.05 bits per heavy atom. The van der Waals surface area contributed by atoms with Crippen LogP contribution in [0.4, 0.5) is 0 Å². The fourth-order valence-electron chi connectivity index (χ4n) is 2.28. The van der Waals surface area contributed by atoms with Crippen molar-refractivity contribution in [2.75, 3.05) is 20.3 Å². The molecule has 3 N–H and O–H groups in total. The van der Waals surface area contributed by atoms with Gasteiger partial charge in [-0.05, 0) is 23.4 Å². The molecule has 0 saturated heterocycles. The summed E-state index contributed by atoms with van der Waals surface area (Å²) in [6.07, 6.45) is 0.669. The van der Waals surface area contributed by atoms with E-state index in [9.17, 15) is 14.7 Å². The largest absolute Gasteiger partial charge is 0.479 e. The summed E-state index contributed by atoms with van der Waals surface area (Å²) in [6.45, 7) is 0.457. The number of aliphatic carboxylic acids is 1. The second-order valence-electron chi connectivity index (χ2n) is 4.38. The third-order valence-corrected chi connectivity index (χ3v) is 4.14. The number of carbonyl (C=O) groups excluding carboxylic acids is 1. The minimum Gasteiger partial charge on any atom is -0.479 e. The average Bonchev–Trinajstić information content (AvgIpc) is 2.84. The van der Waals surface area contributed by atoms with Crippen LogP contribution < -0.4 is 5.73 Å². The van der Waals surface area contributed by atoms with Crippen molar-refractivity contribution in [1.29, 1.82) is 0 Å². The topological polar surface area (TPSA) is 92.9 Å². The van der Waals surface area contributed by atoms with Crippen molar-refractivity contribution >= 4 is 23.2 Å². The zero-order valence-electron chi connectivity index (χ0n) is 10.5. The molecule has 7 heteroatoms. The molecule has 0 bridgehead atoms. The van der Waals surface area contributed by atoms with E-state index in [-0.39, 0.29) is 12.5 Å². The van der Waals surface area contributed by atoms with Gasteiger partial charge in [-0.25, -0.2) is 4.79 Å². The summed E-state index contributed by atoms with van der Waals surface area (Å²) in [5.41, 5.74) is 6.41. The number of carboxylic acids is 1. The summed E-state index contributed by atoms with van der Waals surface area (Å²) in [5.74, 6) is -1.41. The van der Waals surface area contributed by atoms with Crippen LogP contribution >= 0.6 is 11.3 Å². The standard InChI is InChI=1S/C12H16N2O4S/c1-18-6-8(13)11(15)14-4-2-9-7(3-5-19-9)10(14)12(16)17/h3,5,8,10H,2,4,6,13H2,1H3,(H,16,17). The Balaban J connectivity index is 2.26. The van der Waals surface area contributed by atoms with Crippen LogP contribution in [0.3, 0.4) is 0 Å². The molecule has 0 fully saturated rings. The van der Waals surface area contributed by atoms with Crippen molar-refractivity contribution in [2.45, 2.75) is 18.5 Å². The summed E-state index contributed by atoms with van der Waals surface area (Å²) in [4.78, 5) is 26.0. The Hall–Kier alpha value is -1.44. The molecule has 0 saturated carbocycles. The molecule has 2 rings (SSSR count). The van der Waals surface area contributed by atoms with E-state index < -0.39 is 18.1 Å². The van der Waals surface area contributed by atoms with Gasteiger partial charge in [-0.2, -0.15) is 0 Å². The number of carboxylic acid groups (broad SMARTS) is 1. The van der Waals surface area contributed by atoms with Crippen LogP contribution in [-0.4, -0.2) is 48.2 Å². The number of ether oxygens (including phenoxy) is 1. The summed E-state index contributed by atoms with van der Waals surface area (Å²) in [6, 6.07) is -0.00230. The van der Waals surface area contributed by atoms with Crippen molar-refractivity contribution in [2.24, 2.45) is 5.73 Å². The van der Waals surface area contributed by atoms with Crippen LogP contribution in [0.25, 0.3) is 0 Å². The van der Waals surface area contributed by atoms with Gasteiger partial charge in [0.25, 0.3) is 0 Å². The summed E-state index contributed by atoms with van der Waals surface area (Å²) >= 11 is 1.52. The lowest BCUT2D eigenvalue weighted by Crippen LogP contribution is -2.51. The number of hydrogen-bond acceptors (Lipinski definition) is 5. The Morgan fingerprint density at radius 1 is 1.68 bits per heavy atom. The van der Waals surface area contributed by atoms with Gasteiger partial charge in [0.1, 0.15) is 6.04 Å². The van der Waals surface area contributed by atoms with Gasteiger partial charge >= 0.3 is 5.97 Å². The minimum absolute atomic E-state index is 0.0815. The number of methoxy groups -OCH3 is 1. The maximum atomic E-state index is 12.2. The van der Waals surface area contributed by atoms with E-state index in [1.807, 2.05) is 5.38 Å². The Bertz CT molecular complexity index is 488. The van der Waals surface area contributed by atoms with E-state index in [1.165, 1.54) is 23.3 Å². The molecule has 1 aromatic heterocycles. The van der Waals surface area contributed by atoms with E-state index in [0.29, 0.717) is 18.5 Å². The Morgan fingerprint density at radius 2 is 2.42 bits per heavy atom. The van der Waals surface area contributed by atoms with Gasteiger partial charge in [-0.3, -0.25) is 4.79 Å². The summed E-state index contributed by atoms with van der Waals surface area (Å²) < 4.78 is 4.85. The van der Waals surface area contributed by atoms with Crippen molar-refractivity contribution in [3.8, 4) is 0 Å². The predicted molar refractivity (Wildman–Crippen MR) is 70.0 cm³/mol. The van der Waals surface area contributed by atoms with Gasteiger partial charge in [0, 0.05) is 18.5 Å². The predicted octanol–water partition coefficient (Wildman–Crippen LogP) is 0.232. The fraction of sp³-hybridized carbons (Fsp3) is 0.500. The first-order valence-electron chi connectivity index (χ1n) is 5.90. The zero-order valence-corrected chi connectivity index (χ0v) is 11.4. The van der Waals surface area contributed by atoms with Crippen molar-refractivity contribution < 1.29 is 19.4 Å². The lowest BCUT2D eigenvalue weighted by Gasteiger charge is -2.34. The van der Waals surface area contributed by atoms with E-state index >= 15 is 0 Å². The maximum Gasteiger partial charge on any atom is 0.331 e. The molecular weight excluding hydrogens is 268 g/mol. The number of fused-ring (bicyclic) bond motifs is 1. The molecule has 1 aliphatic heterocycles. The fourth-order valence-corrected chi connectivity index (χ4v) is 3.19. The molecule has 0 aliphatic carbocycles. The number of thiophene rings is 1. The smallest absolute Gasteiger partial charge is 0.331 e. The van der Waals surface area contributed by atoms with Gasteiger partial charge in [-0.15, -0.1) is 11.3 Å². The van der Waals surface area contributed by atoms with Crippen LogP contribution in [0.15, 0.2) is 11.4 Å². The molecule has 1 aliphatic rings. The second-order valence-corrected chi connectivity index (χ2v) is 5.38. The van der Waals surface area contributed by atoms with E-state index in [1.54, 1.807) is 6.07 Å². The highest BCUT2D eigenvalue weighted by Crippen LogP contribution is 2.33. The zero-order chi connectivity index (χ0) is 14.0. The summed E-state index contributed by atoms with van der Waals surface area (Å²) in [7, 11) is 1.45. The Kier molecular flexibility index (Phi) is 4.18. The molecule has 19 heavy (non-hydrogen) atoms. The summed E-state index contributed by atoms with van der Waals surface area (Å²) in [5, 5.41) is 11.2. The highest BCUT2D eigenvalue weighted by molar-refractivity contribution is 7.10. The molecule has 0 spiro atoms. The minimum atomic E-state index is -1.03. The highest BCUT2D eigenvalue weighted by atomic mass is 32.1. The van der Waals surface area contributed by atoms with Gasteiger partial charge in [0.15, 0.2) is 6.04 Å². The number of nitrogens with two attached hydrogens (primary N) is 1. The molecule has 2 atom stereocenters. The lowest BCUT2D eigenvalue weighted by molar-refractivity contribution is -0.152. The third kappa shape index (κ3) is 2.63. The normalized spacial score (nSPS) is 19.9. The van der Waals surface area contributed by atoms with Crippen LogP contribution in [0.2, 0.25) is 0 Å². The Labute approximate surface area is 114 Å². The van der Waals surface area contributed by atoms with E-state index in [0.717, 1.165) is 4.88 Å². The van der Waals surface area contributed by atoms with Crippen molar-refractivity contribution in [3.63, 3.8) is 0 Å². The van der Waals surface area contributed by atoms with Crippen molar-refractivity contribution in [1.82, 2.24) is 4.90 Å². The number of carbonyl (C=O) groups is 2. The van der Waals surface area contributed by atoms with Crippen LogP contribution in [0.5, 0.6) is 0 Å². The van der Waals surface area contributed by atoms with Gasteiger partial charge in [-0.1, -0.05) is 0 Å². The molecule has 0 radical (unpaired) electrons. The lowest BCUT2D eigenvalue weighted by atomic mass is 9.99. The highest BCUT2D eigenvalue weighted by Gasteiger charge is 2.38. The molecule has 2 unspecified atom stereocenters. The first-order valence-corrected chi connectivity index (χ1v) is 6.78. The molecule has 1 amide bonds. The molecule has 2 heterocycles. The average molecular weight is 284 g/mol. The first kappa shape index (κ1) is 14.0. The molecular formula is C12H16N2O4S. The molecule has 0 aromatic carbocycles. The van der Waals surface area contributed by atoms with Crippen LogP contribution in [0.1, 0.15) is 16.5 Å². The molecule has 1 aromatic rings. The van der Waals surface area contributed by atoms with E-state index in [4.69, 9.17) is 10.5 Å². The van der Waals surface area contributed by atoms with Gasteiger partial charge < -0.3 is 20.5 Å². The van der Waals surface area contributed by atoms with Crippen LogP contribution in [-0.2, 0) is 20.7 Å². The van der Waals surface area contributed by atoms with Crippen molar-refractivity contribution in [3.05, 3.63) is 21.9 Å². The second kappa shape index (κ2) is 5.68. The molecule has 104 valence electrons. The van der Waals surface area contributed by atoms with Crippen LogP contribution in [0, 0.1) is 0 Å². The third-order valence-electron chi connectivity index (χ3n) is 3.15. The number of nitrogens with zero attached hydrogens (tertiary/aromatic N) is 1. The van der Waals surface area contributed by atoms with Gasteiger partial charge in [0.05, 0.1) is 6.61 Å². The number of hydrogen-bond donors (Lipinski definition) is 2. The molecule has 6 nitrogen and oxygen atoms in total. The SMILES string of the molecule is COCC(N)C(=O)N1CCc2sccc2C1C(=O)O. The maximum absolute atomic E-state index is 12.2.